The monoisotopic (exact) mass is 166 g/mol. The van der Waals surface area contributed by atoms with Crippen molar-refractivity contribution >= 4 is 0 Å². The smallest absolute Gasteiger partial charge is 0.0263 e. The zero-order chi connectivity index (χ0) is 9.03. The summed E-state index contributed by atoms with van der Waals surface area (Å²) in [4.78, 5) is 0. The van der Waals surface area contributed by atoms with Crippen molar-refractivity contribution in [1.82, 2.24) is 0 Å². The van der Waals surface area contributed by atoms with Gasteiger partial charge in [0.05, 0.1) is 0 Å². The molecule has 1 unspecified atom stereocenters. The van der Waals surface area contributed by atoms with Gasteiger partial charge in [-0.2, -0.15) is 0 Å². The molecule has 1 rings (SSSR count). The third-order valence-electron chi connectivity index (χ3n) is 3.64. The third kappa shape index (κ3) is 1.91. The maximum Gasteiger partial charge on any atom is -0.0263 e. The average Bonchev–Trinajstić information content (AvgIpc) is 2.05. The van der Waals surface area contributed by atoms with Crippen molar-refractivity contribution in [2.45, 2.75) is 52.4 Å². The van der Waals surface area contributed by atoms with Crippen LogP contribution in [0.25, 0.3) is 0 Å². The van der Waals surface area contributed by atoms with E-state index in [4.69, 9.17) is 0 Å². The molecule has 0 bridgehead atoms. The van der Waals surface area contributed by atoms with Crippen LogP contribution in [0.15, 0.2) is 12.7 Å². The van der Waals surface area contributed by atoms with Gasteiger partial charge in [-0.3, -0.25) is 0 Å². The van der Waals surface area contributed by atoms with Gasteiger partial charge in [-0.05, 0) is 30.6 Å². The van der Waals surface area contributed by atoms with E-state index in [0.29, 0.717) is 5.41 Å². The van der Waals surface area contributed by atoms with Crippen LogP contribution < -0.4 is 0 Å². The molecule has 0 aromatic heterocycles. The van der Waals surface area contributed by atoms with Gasteiger partial charge in [0.1, 0.15) is 0 Å². The maximum atomic E-state index is 3.87. The van der Waals surface area contributed by atoms with Gasteiger partial charge in [0, 0.05) is 0 Å². The summed E-state index contributed by atoms with van der Waals surface area (Å²) >= 11 is 0. The van der Waals surface area contributed by atoms with Gasteiger partial charge in [-0.1, -0.05) is 39.2 Å². The van der Waals surface area contributed by atoms with Gasteiger partial charge in [0.15, 0.2) is 0 Å². The first-order valence-electron chi connectivity index (χ1n) is 5.34. The molecule has 0 saturated heterocycles. The van der Waals surface area contributed by atoms with Crippen LogP contribution in [0, 0.1) is 11.3 Å². The quantitative estimate of drug-likeness (QED) is 0.552. The molecule has 0 aliphatic heterocycles. The lowest BCUT2D eigenvalue weighted by atomic mass is 9.65. The Bertz CT molecular complexity index is 148. The van der Waals surface area contributed by atoms with E-state index in [1.807, 2.05) is 0 Å². The van der Waals surface area contributed by atoms with Crippen LogP contribution in [0.5, 0.6) is 0 Å². The summed E-state index contributed by atoms with van der Waals surface area (Å²) in [7, 11) is 0. The van der Waals surface area contributed by atoms with E-state index in [9.17, 15) is 0 Å². The highest BCUT2D eigenvalue weighted by molar-refractivity contribution is 4.90. The standard InChI is InChI=1S/C12H22/c1-4-9-12(3)10-7-6-8-11(12)5-2/h4,11H,1,5-10H2,2-3H3/t11?,12-/m1/s1. The predicted octanol–water partition coefficient (Wildman–Crippen LogP) is 4.17. The van der Waals surface area contributed by atoms with Crippen molar-refractivity contribution in [3.8, 4) is 0 Å². The normalized spacial score (nSPS) is 36.3. The first kappa shape index (κ1) is 9.83. The second-order valence-corrected chi connectivity index (χ2v) is 4.50. The third-order valence-corrected chi connectivity index (χ3v) is 3.64. The summed E-state index contributed by atoms with van der Waals surface area (Å²) in [5.74, 6) is 0.948. The van der Waals surface area contributed by atoms with Crippen molar-refractivity contribution in [2.75, 3.05) is 0 Å². The summed E-state index contributed by atoms with van der Waals surface area (Å²) in [6.07, 6.45) is 10.4. The van der Waals surface area contributed by atoms with Crippen LogP contribution in [-0.4, -0.2) is 0 Å². The molecule has 0 radical (unpaired) electrons. The Morgan fingerprint density at radius 2 is 2.25 bits per heavy atom. The molecule has 12 heavy (non-hydrogen) atoms. The highest BCUT2D eigenvalue weighted by Gasteiger charge is 2.33. The Labute approximate surface area is 77.1 Å². The van der Waals surface area contributed by atoms with Crippen LogP contribution in [0.3, 0.4) is 0 Å². The first-order valence-corrected chi connectivity index (χ1v) is 5.34. The lowest BCUT2D eigenvalue weighted by Gasteiger charge is -2.40. The van der Waals surface area contributed by atoms with Gasteiger partial charge >= 0.3 is 0 Å². The van der Waals surface area contributed by atoms with Crippen molar-refractivity contribution in [3.63, 3.8) is 0 Å². The predicted molar refractivity (Wildman–Crippen MR) is 55.2 cm³/mol. The minimum absolute atomic E-state index is 0.578. The first-order chi connectivity index (χ1) is 5.73. The Morgan fingerprint density at radius 3 is 2.83 bits per heavy atom. The molecule has 1 saturated carbocycles. The minimum Gasteiger partial charge on any atom is -0.103 e. The van der Waals surface area contributed by atoms with Gasteiger partial charge in [-0.15, -0.1) is 6.58 Å². The minimum atomic E-state index is 0.578. The number of hydrogen-bond acceptors (Lipinski definition) is 0. The van der Waals surface area contributed by atoms with Gasteiger partial charge in [0.2, 0.25) is 0 Å². The van der Waals surface area contributed by atoms with E-state index in [0.717, 1.165) is 5.92 Å². The molecule has 0 heterocycles. The fourth-order valence-corrected chi connectivity index (χ4v) is 2.77. The molecule has 0 amide bonds. The van der Waals surface area contributed by atoms with Crippen molar-refractivity contribution in [1.29, 1.82) is 0 Å². The molecule has 0 aromatic carbocycles. The molecule has 2 atom stereocenters. The Hall–Kier alpha value is -0.260. The molecule has 1 aliphatic carbocycles. The largest absolute Gasteiger partial charge is 0.103 e. The molecule has 0 heteroatoms. The van der Waals surface area contributed by atoms with Crippen LogP contribution in [0.1, 0.15) is 52.4 Å². The van der Waals surface area contributed by atoms with Crippen LogP contribution in [0.4, 0.5) is 0 Å². The Kier molecular flexibility index (Phi) is 3.37. The summed E-state index contributed by atoms with van der Waals surface area (Å²) in [5, 5.41) is 0. The van der Waals surface area contributed by atoms with Crippen molar-refractivity contribution in [3.05, 3.63) is 12.7 Å². The van der Waals surface area contributed by atoms with Gasteiger partial charge in [0.25, 0.3) is 0 Å². The molecule has 1 aliphatic rings. The fraction of sp³-hybridized carbons (Fsp3) is 0.833. The summed E-state index contributed by atoms with van der Waals surface area (Å²) in [5.41, 5.74) is 0.578. The Morgan fingerprint density at radius 1 is 1.50 bits per heavy atom. The van der Waals surface area contributed by atoms with E-state index < -0.39 is 0 Å². The van der Waals surface area contributed by atoms with E-state index in [2.05, 4.69) is 26.5 Å². The van der Waals surface area contributed by atoms with E-state index in [1.165, 1.54) is 38.5 Å². The highest BCUT2D eigenvalue weighted by Crippen LogP contribution is 2.45. The molecule has 1 fully saturated rings. The van der Waals surface area contributed by atoms with Gasteiger partial charge < -0.3 is 0 Å². The lowest BCUT2D eigenvalue weighted by molar-refractivity contribution is 0.115. The fourth-order valence-electron chi connectivity index (χ4n) is 2.77. The van der Waals surface area contributed by atoms with Crippen molar-refractivity contribution < 1.29 is 0 Å². The maximum absolute atomic E-state index is 3.87. The molecule has 70 valence electrons. The average molecular weight is 166 g/mol. The van der Waals surface area contributed by atoms with E-state index >= 15 is 0 Å². The highest BCUT2D eigenvalue weighted by atomic mass is 14.4. The summed E-state index contributed by atoms with van der Waals surface area (Å²) < 4.78 is 0. The van der Waals surface area contributed by atoms with Crippen LogP contribution >= 0.6 is 0 Å². The van der Waals surface area contributed by atoms with E-state index in [1.54, 1.807) is 0 Å². The van der Waals surface area contributed by atoms with E-state index in [-0.39, 0.29) is 0 Å². The molecule has 0 aromatic rings. The van der Waals surface area contributed by atoms with Crippen LogP contribution in [0.2, 0.25) is 0 Å². The molecule has 0 spiro atoms. The lowest BCUT2D eigenvalue weighted by Crippen LogP contribution is -2.29. The zero-order valence-corrected chi connectivity index (χ0v) is 8.60. The molecular formula is C12H22. The molecule has 0 N–H and O–H groups in total. The zero-order valence-electron chi connectivity index (χ0n) is 8.60. The number of allylic oxidation sites excluding steroid dienone is 1. The number of rotatable bonds is 3. The second-order valence-electron chi connectivity index (χ2n) is 4.50. The van der Waals surface area contributed by atoms with Crippen LogP contribution in [-0.2, 0) is 0 Å². The summed E-state index contributed by atoms with van der Waals surface area (Å²) in [6.45, 7) is 8.65. The topological polar surface area (TPSA) is 0 Å². The number of hydrogen-bond donors (Lipinski definition) is 0. The van der Waals surface area contributed by atoms with Gasteiger partial charge in [-0.25, -0.2) is 0 Å². The Balaban J connectivity index is 2.61. The molecular weight excluding hydrogens is 144 g/mol. The van der Waals surface area contributed by atoms with Crippen molar-refractivity contribution in [2.24, 2.45) is 11.3 Å². The SMILES string of the molecule is C=CC[C@]1(C)CCCCC1CC. The molecule has 0 nitrogen and oxygen atoms in total. The summed E-state index contributed by atoms with van der Waals surface area (Å²) in [6, 6.07) is 0. The second kappa shape index (κ2) is 4.11.